The van der Waals surface area contributed by atoms with Crippen LogP contribution in [0.4, 0.5) is 0 Å². The Labute approximate surface area is 87.8 Å². The molecule has 0 bridgehead atoms. The van der Waals surface area contributed by atoms with E-state index in [2.05, 4.69) is 16.2 Å². The van der Waals surface area contributed by atoms with Gasteiger partial charge in [-0.15, -0.1) is 0 Å². The van der Waals surface area contributed by atoms with Gasteiger partial charge in [-0.1, -0.05) is 0 Å². The van der Waals surface area contributed by atoms with E-state index in [4.69, 9.17) is 5.26 Å². The lowest BCUT2D eigenvalue weighted by atomic mass is 10.3. The van der Waals surface area contributed by atoms with Crippen molar-refractivity contribution in [1.29, 1.82) is 5.26 Å². The monoisotopic (exact) mass is 198 g/mol. The lowest BCUT2D eigenvalue weighted by Gasteiger charge is -1.99. The van der Waals surface area contributed by atoms with Crippen LogP contribution in [0.1, 0.15) is 11.1 Å². The molecule has 0 radical (unpaired) electrons. The van der Waals surface area contributed by atoms with Crippen LogP contribution in [-0.2, 0) is 6.42 Å². The summed E-state index contributed by atoms with van der Waals surface area (Å²) < 4.78 is 1.68. The van der Waals surface area contributed by atoms with Gasteiger partial charge in [0.1, 0.15) is 0 Å². The van der Waals surface area contributed by atoms with E-state index in [0.29, 0.717) is 6.42 Å². The van der Waals surface area contributed by atoms with E-state index in [1.165, 1.54) is 0 Å². The molecule has 0 aliphatic heterocycles. The van der Waals surface area contributed by atoms with Crippen molar-refractivity contribution in [3.63, 3.8) is 0 Å². The third-order valence-electron chi connectivity index (χ3n) is 2.05. The molecule has 0 aliphatic carbocycles. The molecule has 15 heavy (non-hydrogen) atoms. The highest BCUT2D eigenvalue weighted by molar-refractivity contribution is 5.27. The standard InChI is InChI=1S/C11H10N4/c1-9-3-5-13-11(6-9)15-8-10(2-4-12)7-14-15/h3,5-8H,2H2,1H3. The van der Waals surface area contributed by atoms with Crippen LogP contribution < -0.4 is 0 Å². The summed E-state index contributed by atoms with van der Waals surface area (Å²) in [5.41, 5.74) is 2.04. The summed E-state index contributed by atoms with van der Waals surface area (Å²) in [5, 5.41) is 12.7. The molecule has 0 saturated carbocycles. The van der Waals surface area contributed by atoms with Gasteiger partial charge in [-0.2, -0.15) is 10.4 Å². The molecule has 0 atom stereocenters. The first-order valence-electron chi connectivity index (χ1n) is 4.63. The lowest BCUT2D eigenvalue weighted by Crippen LogP contribution is -1.97. The van der Waals surface area contributed by atoms with Crippen molar-refractivity contribution >= 4 is 0 Å². The highest BCUT2D eigenvalue weighted by Crippen LogP contribution is 2.07. The highest BCUT2D eigenvalue weighted by atomic mass is 15.3. The van der Waals surface area contributed by atoms with Gasteiger partial charge in [-0.3, -0.25) is 0 Å². The fourth-order valence-electron chi connectivity index (χ4n) is 1.31. The molecule has 0 unspecified atom stereocenters. The minimum atomic E-state index is 0.381. The zero-order chi connectivity index (χ0) is 10.7. The summed E-state index contributed by atoms with van der Waals surface area (Å²) in [5.74, 6) is 0.777. The summed E-state index contributed by atoms with van der Waals surface area (Å²) in [6.07, 6.45) is 5.64. The molecule has 4 nitrogen and oxygen atoms in total. The van der Waals surface area contributed by atoms with Crippen LogP contribution in [0.25, 0.3) is 5.82 Å². The van der Waals surface area contributed by atoms with Crippen molar-refractivity contribution in [2.75, 3.05) is 0 Å². The number of hydrogen-bond acceptors (Lipinski definition) is 3. The van der Waals surface area contributed by atoms with Crippen LogP contribution in [0.2, 0.25) is 0 Å². The Hall–Kier alpha value is -2.15. The van der Waals surface area contributed by atoms with Crippen LogP contribution in [0.3, 0.4) is 0 Å². The number of nitriles is 1. The summed E-state index contributed by atoms with van der Waals surface area (Å²) in [6, 6.07) is 5.97. The molecule has 4 heteroatoms. The van der Waals surface area contributed by atoms with Crippen LogP contribution >= 0.6 is 0 Å². The van der Waals surface area contributed by atoms with Gasteiger partial charge in [0.05, 0.1) is 18.7 Å². The number of pyridine rings is 1. The Bertz CT molecular complexity index is 507. The molecule has 0 fully saturated rings. The summed E-state index contributed by atoms with van der Waals surface area (Å²) in [6.45, 7) is 2.00. The molecule has 0 aliphatic rings. The van der Waals surface area contributed by atoms with E-state index < -0.39 is 0 Å². The van der Waals surface area contributed by atoms with Gasteiger partial charge in [0.15, 0.2) is 5.82 Å². The topological polar surface area (TPSA) is 54.5 Å². The Morgan fingerprint density at radius 3 is 3.13 bits per heavy atom. The maximum absolute atomic E-state index is 8.54. The second-order valence-electron chi connectivity index (χ2n) is 3.32. The van der Waals surface area contributed by atoms with Crippen molar-refractivity contribution in [2.24, 2.45) is 0 Å². The first kappa shape index (κ1) is 9.41. The summed E-state index contributed by atoms with van der Waals surface area (Å²) in [4.78, 5) is 4.20. The zero-order valence-electron chi connectivity index (χ0n) is 8.38. The van der Waals surface area contributed by atoms with Crippen LogP contribution in [0, 0.1) is 18.3 Å². The number of aryl methyl sites for hydroxylation is 1. The molecule has 0 amide bonds. The molecule has 0 saturated heterocycles. The van der Waals surface area contributed by atoms with E-state index in [1.54, 1.807) is 17.1 Å². The second-order valence-corrected chi connectivity index (χ2v) is 3.32. The molecule has 2 rings (SSSR count). The summed E-state index contributed by atoms with van der Waals surface area (Å²) in [7, 11) is 0. The summed E-state index contributed by atoms with van der Waals surface area (Å²) >= 11 is 0. The average molecular weight is 198 g/mol. The first-order valence-corrected chi connectivity index (χ1v) is 4.63. The minimum Gasteiger partial charge on any atom is -0.237 e. The molecule has 74 valence electrons. The van der Waals surface area contributed by atoms with Gasteiger partial charge in [0.25, 0.3) is 0 Å². The van der Waals surface area contributed by atoms with Crippen LogP contribution in [-0.4, -0.2) is 14.8 Å². The van der Waals surface area contributed by atoms with E-state index in [0.717, 1.165) is 16.9 Å². The van der Waals surface area contributed by atoms with Gasteiger partial charge in [0, 0.05) is 18.0 Å². The SMILES string of the molecule is Cc1ccnc(-n2cc(CC#N)cn2)c1. The lowest BCUT2D eigenvalue weighted by molar-refractivity contribution is 0.844. The van der Waals surface area contributed by atoms with Crippen LogP contribution in [0.5, 0.6) is 0 Å². The fourth-order valence-corrected chi connectivity index (χ4v) is 1.31. The predicted octanol–water partition coefficient (Wildman–Crippen LogP) is 1.64. The number of hydrogen-bond donors (Lipinski definition) is 0. The van der Waals surface area contributed by atoms with Crippen molar-refractivity contribution in [1.82, 2.24) is 14.8 Å². The Morgan fingerprint density at radius 1 is 1.53 bits per heavy atom. The van der Waals surface area contributed by atoms with Crippen molar-refractivity contribution < 1.29 is 0 Å². The molecule has 2 aromatic rings. The van der Waals surface area contributed by atoms with Gasteiger partial charge in [-0.25, -0.2) is 9.67 Å². The Kier molecular flexibility index (Phi) is 2.46. The van der Waals surface area contributed by atoms with E-state index in [-0.39, 0.29) is 0 Å². The quantitative estimate of drug-likeness (QED) is 0.737. The molecule has 0 spiro atoms. The van der Waals surface area contributed by atoms with Gasteiger partial charge in [-0.05, 0) is 24.6 Å². The first-order chi connectivity index (χ1) is 7.29. The fraction of sp³-hybridized carbons (Fsp3) is 0.182. The third-order valence-corrected chi connectivity index (χ3v) is 2.05. The number of rotatable bonds is 2. The minimum absolute atomic E-state index is 0.381. The zero-order valence-corrected chi connectivity index (χ0v) is 8.38. The van der Waals surface area contributed by atoms with Crippen molar-refractivity contribution in [3.8, 4) is 11.9 Å². The van der Waals surface area contributed by atoms with Gasteiger partial charge >= 0.3 is 0 Å². The molecule has 0 N–H and O–H groups in total. The smallest absolute Gasteiger partial charge is 0.153 e. The third kappa shape index (κ3) is 2.02. The van der Waals surface area contributed by atoms with Crippen LogP contribution in [0.15, 0.2) is 30.7 Å². The molecule has 2 heterocycles. The molecule has 0 aromatic carbocycles. The maximum Gasteiger partial charge on any atom is 0.153 e. The predicted molar refractivity (Wildman–Crippen MR) is 55.4 cm³/mol. The number of nitrogens with zero attached hydrogens (tertiary/aromatic N) is 4. The van der Waals surface area contributed by atoms with Crippen molar-refractivity contribution in [3.05, 3.63) is 41.9 Å². The Morgan fingerprint density at radius 2 is 2.40 bits per heavy atom. The van der Waals surface area contributed by atoms with E-state index in [1.807, 2.05) is 25.3 Å². The maximum atomic E-state index is 8.54. The Balaban J connectivity index is 2.34. The normalized spacial score (nSPS) is 9.87. The highest BCUT2D eigenvalue weighted by Gasteiger charge is 2.01. The van der Waals surface area contributed by atoms with Gasteiger partial charge < -0.3 is 0 Å². The van der Waals surface area contributed by atoms with Crippen molar-refractivity contribution in [2.45, 2.75) is 13.3 Å². The van der Waals surface area contributed by atoms with Gasteiger partial charge in [0.2, 0.25) is 0 Å². The van der Waals surface area contributed by atoms with E-state index in [9.17, 15) is 0 Å². The second kappa shape index (κ2) is 3.93. The largest absolute Gasteiger partial charge is 0.237 e. The van der Waals surface area contributed by atoms with E-state index >= 15 is 0 Å². The molecular formula is C11H10N4. The average Bonchev–Trinajstić information content (AvgIpc) is 2.67. The molecule has 2 aromatic heterocycles. The molecular weight excluding hydrogens is 188 g/mol. The number of aromatic nitrogens is 3.